The molecule has 0 aliphatic carbocycles. The van der Waals surface area contributed by atoms with E-state index in [1.807, 2.05) is 23.7 Å². The molecular weight excluding hydrogens is 222 g/mol. The second-order valence-corrected chi connectivity index (χ2v) is 4.11. The van der Waals surface area contributed by atoms with Crippen LogP contribution in [0.3, 0.4) is 0 Å². The Labute approximate surface area is 100 Å². The lowest BCUT2D eigenvalue weighted by Crippen LogP contribution is -2.00. The maximum absolute atomic E-state index is 5.77. The number of aromatic nitrogens is 3. The third kappa shape index (κ3) is 1.83. The van der Waals surface area contributed by atoms with Crippen molar-refractivity contribution in [2.75, 3.05) is 0 Å². The summed E-state index contributed by atoms with van der Waals surface area (Å²) in [6.45, 7) is 6.16. The smallest absolute Gasteiger partial charge is 0.0682 e. The van der Waals surface area contributed by atoms with Gasteiger partial charge < -0.3 is 0 Å². The van der Waals surface area contributed by atoms with Gasteiger partial charge >= 0.3 is 0 Å². The second-order valence-electron chi connectivity index (χ2n) is 3.85. The zero-order valence-corrected chi connectivity index (χ0v) is 10.4. The highest BCUT2D eigenvalue weighted by molar-refractivity contribution is 6.16. The molecule has 0 radical (unpaired) electrons. The lowest BCUT2D eigenvalue weighted by Gasteiger charge is -2.05. The van der Waals surface area contributed by atoms with E-state index in [1.165, 1.54) is 5.56 Å². The fourth-order valence-corrected chi connectivity index (χ4v) is 1.79. The minimum atomic E-state index is 0.423. The third-order valence-corrected chi connectivity index (χ3v) is 3.11. The summed E-state index contributed by atoms with van der Waals surface area (Å²) in [6, 6.07) is 3.90. The van der Waals surface area contributed by atoms with Crippen molar-refractivity contribution in [2.24, 2.45) is 0 Å². The number of halogens is 1. The number of hydrogen-bond donors (Lipinski definition) is 0. The van der Waals surface area contributed by atoms with Gasteiger partial charge in [-0.2, -0.15) is 5.10 Å². The number of hydrogen-bond acceptors (Lipinski definition) is 2. The first-order valence-electron chi connectivity index (χ1n) is 5.17. The molecule has 0 aliphatic rings. The molecular formula is C12H14ClN3. The van der Waals surface area contributed by atoms with E-state index >= 15 is 0 Å². The first-order chi connectivity index (χ1) is 7.63. The zero-order valence-electron chi connectivity index (χ0n) is 9.66. The molecule has 0 saturated carbocycles. The summed E-state index contributed by atoms with van der Waals surface area (Å²) in [5.41, 5.74) is 5.32. The van der Waals surface area contributed by atoms with Crippen molar-refractivity contribution in [3.8, 4) is 5.69 Å². The molecule has 0 saturated heterocycles. The Balaban J connectivity index is 2.54. The maximum Gasteiger partial charge on any atom is 0.0682 e. The molecule has 0 aromatic carbocycles. The van der Waals surface area contributed by atoms with Gasteiger partial charge in [0.05, 0.1) is 23.0 Å². The van der Waals surface area contributed by atoms with Gasteiger partial charge in [0.1, 0.15) is 0 Å². The van der Waals surface area contributed by atoms with E-state index in [0.29, 0.717) is 5.88 Å². The topological polar surface area (TPSA) is 30.7 Å². The minimum Gasteiger partial charge on any atom is -0.260 e. The summed E-state index contributed by atoms with van der Waals surface area (Å²) in [5, 5.41) is 4.50. The van der Waals surface area contributed by atoms with E-state index in [2.05, 4.69) is 23.9 Å². The molecule has 0 amide bonds. The van der Waals surface area contributed by atoms with E-state index in [-0.39, 0.29) is 0 Å². The monoisotopic (exact) mass is 235 g/mol. The van der Waals surface area contributed by atoms with Crippen LogP contribution in [-0.2, 0) is 5.88 Å². The van der Waals surface area contributed by atoms with Crippen LogP contribution in [0.1, 0.15) is 22.6 Å². The molecule has 2 aromatic rings. The van der Waals surface area contributed by atoms with Gasteiger partial charge in [-0.25, -0.2) is 4.68 Å². The van der Waals surface area contributed by atoms with Crippen LogP contribution in [-0.4, -0.2) is 14.8 Å². The van der Waals surface area contributed by atoms with Crippen LogP contribution in [0.15, 0.2) is 18.3 Å². The molecule has 4 heteroatoms. The summed E-state index contributed by atoms with van der Waals surface area (Å²) in [6.07, 6.45) is 1.76. The van der Waals surface area contributed by atoms with Crippen molar-refractivity contribution in [1.82, 2.24) is 14.8 Å². The highest BCUT2D eigenvalue weighted by Gasteiger charge is 2.09. The summed E-state index contributed by atoms with van der Waals surface area (Å²) in [4.78, 5) is 4.17. The molecule has 16 heavy (non-hydrogen) atoms. The number of aryl methyl sites for hydroxylation is 1. The van der Waals surface area contributed by atoms with Crippen molar-refractivity contribution in [3.05, 3.63) is 41.0 Å². The van der Waals surface area contributed by atoms with Gasteiger partial charge in [0.15, 0.2) is 0 Å². The molecule has 3 nitrogen and oxygen atoms in total. The summed E-state index contributed by atoms with van der Waals surface area (Å²) in [5.74, 6) is 0.423. The predicted octanol–water partition coefficient (Wildman–Crippen LogP) is 2.93. The molecule has 2 heterocycles. The number of alkyl halides is 1. The Morgan fingerprint density at radius 2 is 2.06 bits per heavy atom. The first kappa shape index (κ1) is 11.1. The van der Waals surface area contributed by atoms with Crippen LogP contribution in [0, 0.1) is 20.8 Å². The van der Waals surface area contributed by atoms with Crippen LogP contribution in [0.4, 0.5) is 0 Å². The Bertz CT molecular complexity index is 517. The first-order valence-corrected chi connectivity index (χ1v) is 5.71. The van der Waals surface area contributed by atoms with E-state index in [0.717, 1.165) is 22.8 Å². The largest absolute Gasteiger partial charge is 0.260 e. The van der Waals surface area contributed by atoms with Crippen LogP contribution >= 0.6 is 11.6 Å². The highest BCUT2D eigenvalue weighted by Crippen LogP contribution is 2.17. The summed E-state index contributed by atoms with van der Waals surface area (Å²) in [7, 11) is 0. The maximum atomic E-state index is 5.77. The van der Waals surface area contributed by atoms with Crippen molar-refractivity contribution < 1.29 is 0 Å². The van der Waals surface area contributed by atoms with E-state index < -0.39 is 0 Å². The van der Waals surface area contributed by atoms with Crippen LogP contribution in [0.25, 0.3) is 5.69 Å². The van der Waals surface area contributed by atoms with Crippen molar-refractivity contribution >= 4 is 11.6 Å². The Morgan fingerprint density at radius 1 is 1.31 bits per heavy atom. The molecule has 0 unspecified atom stereocenters. The SMILES string of the molecule is Cc1nn(-c2ccnc(CCl)c2)c(C)c1C. The molecule has 0 aliphatic heterocycles. The number of nitrogens with zero attached hydrogens (tertiary/aromatic N) is 3. The minimum absolute atomic E-state index is 0.423. The van der Waals surface area contributed by atoms with Gasteiger partial charge in [0, 0.05) is 11.9 Å². The normalized spacial score (nSPS) is 10.8. The van der Waals surface area contributed by atoms with Crippen molar-refractivity contribution in [1.29, 1.82) is 0 Å². The second kappa shape index (κ2) is 4.26. The zero-order chi connectivity index (χ0) is 11.7. The quantitative estimate of drug-likeness (QED) is 0.750. The lowest BCUT2D eigenvalue weighted by atomic mass is 10.2. The van der Waals surface area contributed by atoms with Gasteiger partial charge in [-0.1, -0.05) is 0 Å². The lowest BCUT2D eigenvalue weighted by molar-refractivity contribution is 0.828. The fraction of sp³-hybridized carbons (Fsp3) is 0.333. The van der Waals surface area contributed by atoms with Gasteiger partial charge in [-0.05, 0) is 38.5 Å². The van der Waals surface area contributed by atoms with E-state index in [4.69, 9.17) is 11.6 Å². The molecule has 0 fully saturated rings. The van der Waals surface area contributed by atoms with E-state index in [9.17, 15) is 0 Å². The number of pyridine rings is 1. The van der Waals surface area contributed by atoms with Crippen LogP contribution < -0.4 is 0 Å². The van der Waals surface area contributed by atoms with Gasteiger partial charge in [0.2, 0.25) is 0 Å². The molecule has 0 bridgehead atoms. The predicted molar refractivity (Wildman–Crippen MR) is 65.1 cm³/mol. The molecule has 0 spiro atoms. The fourth-order valence-electron chi connectivity index (χ4n) is 1.64. The Morgan fingerprint density at radius 3 is 2.62 bits per heavy atom. The van der Waals surface area contributed by atoms with E-state index in [1.54, 1.807) is 6.20 Å². The van der Waals surface area contributed by atoms with Crippen molar-refractivity contribution in [3.63, 3.8) is 0 Å². The molecule has 0 N–H and O–H groups in total. The highest BCUT2D eigenvalue weighted by atomic mass is 35.5. The third-order valence-electron chi connectivity index (χ3n) is 2.83. The summed E-state index contributed by atoms with van der Waals surface area (Å²) >= 11 is 5.77. The molecule has 2 aromatic heterocycles. The molecule has 0 atom stereocenters. The molecule has 2 rings (SSSR count). The average molecular weight is 236 g/mol. The molecule has 84 valence electrons. The summed E-state index contributed by atoms with van der Waals surface area (Å²) < 4.78 is 1.93. The standard InChI is InChI=1S/C12H14ClN3/c1-8-9(2)15-16(10(8)3)12-4-5-14-11(6-12)7-13/h4-6H,7H2,1-3H3. The van der Waals surface area contributed by atoms with Crippen LogP contribution in [0.2, 0.25) is 0 Å². The van der Waals surface area contributed by atoms with Crippen LogP contribution in [0.5, 0.6) is 0 Å². The average Bonchev–Trinajstić information content (AvgIpc) is 2.57. The van der Waals surface area contributed by atoms with Gasteiger partial charge in [0.25, 0.3) is 0 Å². The van der Waals surface area contributed by atoms with Crippen molar-refractivity contribution in [2.45, 2.75) is 26.7 Å². The van der Waals surface area contributed by atoms with Gasteiger partial charge in [-0.15, -0.1) is 11.6 Å². The number of rotatable bonds is 2. The van der Waals surface area contributed by atoms with Gasteiger partial charge in [-0.3, -0.25) is 4.98 Å². The Hall–Kier alpha value is -1.35. The Kier molecular flexibility index (Phi) is 2.97.